The molecule has 17 heavy (non-hydrogen) atoms. The van der Waals surface area contributed by atoms with E-state index in [1.165, 1.54) is 0 Å². The SMILES string of the molecule is O=C(O)Cc1ccc(OCCCCBr)c(Cl)c1. The van der Waals surface area contributed by atoms with Crippen molar-refractivity contribution >= 4 is 33.5 Å². The normalized spacial score (nSPS) is 10.2. The molecule has 0 amide bonds. The number of hydrogen-bond donors (Lipinski definition) is 1. The second-order valence-corrected chi connectivity index (χ2v) is 4.78. The fraction of sp³-hybridized carbons (Fsp3) is 0.417. The molecule has 0 saturated heterocycles. The molecular formula is C12H14BrClO3. The number of carboxylic acid groups (broad SMARTS) is 1. The van der Waals surface area contributed by atoms with Crippen molar-refractivity contribution in [2.75, 3.05) is 11.9 Å². The Bertz CT molecular complexity index is 382. The number of halogens is 2. The number of benzene rings is 1. The summed E-state index contributed by atoms with van der Waals surface area (Å²) >= 11 is 9.34. The predicted octanol–water partition coefficient (Wildman–Crippen LogP) is 3.52. The summed E-state index contributed by atoms with van der Waals surface area (Å²) in [5.74, 6) is -0.262. The Balaban J connectivity index is 2.54. The van der Waals surface area contributed by atoms with Crippen molar-refractivity contribution in [3.8, 4) is 5.75 Å². The van der Waals surface area contributed by atoms with Crippen LogP contribution in [0, 0.1) is 0 Å². The molecule has 3 nitrogen and oxygen atoms in total. The molecule has 0 radical (unpaired) electrons. The summed E-state index contributed by atoms with van der Waals surface area (Å²) in [6, 6.07) is 5.07. The average Bonchev–Trinajstić information content (AvgIpc) is 2.26. The van der Waals surface area contributed by atoms with Gasteiger partial charge in [0.25, 0.3) is 0 Å². The van der Waals surface area contributed by atoms with E-state index in [0.717, 1.165) is 18.2 Å². The summed E-state index contributed by atoms with van der Waals surface area (Å²) in [7, 11) is 0. The predicted molar refractivity (Wildman–Crippen MR) is 71.3 cm³/mol. The molecule has 1 rings (SSSR count). The van der Waals surface area contributed by atoms with Gasteiger partial charge in [-0.15, -0.1) is 0 Å². The fourth-order valence-electron chi connectivity index (χ4n) is 1.32. The number of carboxylic acids is 1. The minimum absolute atomic E-state index is 0.0242. The molecule has 0 saturated carbocycles. The van der Waals surface area contributed by atoms with Crippen molar-refractivity contribution in [2.24, 2.45) is 0 Å². The van der Waals surface area contributed by atoms with Gasteiger partial charge in [0.2, 0.25) is 0 Å². The molecule has 1 N–H and O–H groups in total. The lowest BCUT2D eigenvalue weighted by atomic mass is 10.1. The lowest BCUT2D eigenvalue weighted by Gasteiger charge is -2.08. The summed E-state index contributed by atoms with van der Waals surface area (Å²) in [6.07, 6.45) is 1.98. The zero-order chi connectivity index (χ0) is 12.7. The van der Waals surface area contributed by atoms with Crippen LogP contribution in [0.3, 0.4) is 0 Å². The van der Waals surface area contributed by atoms with E-state index >= 15 is 0 Å². The van der Waals surface area contributed by atoms with Crippen LogP contribution < -0.4 is 4.74 Å². The maximum Gasteiger partial charge on any atom is 0.307 e. The second-order valence-electron chi connectivity index (χ2n) is 3.58. The van der Waals surface area contributed by atoms with Gasteiger partial charge in [-0.05, 0) is 30.5 Å². The number of hydrogen-bond acceptors (Lipinski definition) is 2. The fourth-order valence-corrected chi connectivity index (χ4v) is 1.98. The van der Waals surface area contributed by atoms with Gasteiger partial charge in [-0.3, -0.25) is 4.79 Å². The van der Waals surface area contributed by atoms with E-state index in [-0.39, 0.29) is 6.42 Å². The molecule has 0 aromatic heterocycles. The number of rotatable bonds is 7. The minimum atomic E-state index is -0.868. The number of aliphatic carboxylic acids is 1. The lowest BCUT2D eigenvalue weighted by Crippen LogP contribution is -2.01. The summed E-state index contributed by atoms with van der Waals surface area (Å²) in [5, 5.41) is 10.1. The van der Waals surface area contributed by atoms with Gasteiger partial charge in [0.05, 0.1) is 18.1 Å². The van der Waals surface area contributed by atoms with Gasteiger partial charge < -0.3 is 9.84 Å². The van der Waals surface area contributed by atoms with Crippen molar-refractivity contribution < 1.29 is 14.6 Å². The molecule has 0 aliphatic carbocycles. The van der Waals surface area contributed by atoms with Crippen LogP contribution in [-0.4, -0.2) is 23.0 Å². The number of ether oxygens (including phenoxy) is 1. The molecule has 0 atom stereocenters. The van der Waals surface area contributed by atoms with E-state index in [0.29, 0.717) is 22.9 Å². The maximum atomic E-state index is 10.5. The maximum absolute atomic E-state index is 10.5. The number of carbonyl (C=O) groups is 1. The quantitative estimate of drug-likeness (QED) is 0.617. The van der Waals surface area contributed by atoms with Gasteiger partial charge in [-0.1, -0.05) is 33.6 Å². The summed E-state index contributed by atoms with van der Waals surface area (Å²) in [6.45, 7) is 0.615. The molecular weight excluding hydrogens is 307 g/mol. The highest BCUT2D eigenvalue weighted by Gasteiger charge is 2.05. The zero-order valence-electron chi connectivity index (χ0n) is 9.29. The summed E-state index contributed by atoms with van der Waals surface area (Å²) in [4.78, 5) is 10.5. The summed E-state index contributed by atoms with van der Waals surface area (Å²) in [5.41, 5.74) is 0.676. The molecule has 0 fully saturated rings. The van der Waals surface area contributed by atoms with E-state index in [4.69, 9.17) is 21.4 Å². The first-order valence-corrected chi connectivity index (χ1v) is 6.82. The van der Waals surface area contributed by atoms with Gasteiger partial charge in [0, 0.05) is 5.33 Å². The Kier molecular flexibility index (Phi) is 6.37. The van der Waals surface area contributed by atoms with E-state index in [1.54, 1.807) is 18.2 Å². The number of alkyl halides is 1. The third-order valence-corrected chi connectivity index (χ3v) is 2.99. The first-order valence-electron chi connectivity index (χ1n) is 5.32. The van der Waals surface area contributed by atoms with Gasteiger partial charge >= 0.3 is 5.97 Å². The lowest BCUT2D eigenvalue weighted by molar-refractivity contribution is -0.136. The average molecular weight is 322 g/mol. The highest BCUT2D eigenvalue weighted by Crippen LogP contribution is 2.25. The highest BCUT2D eigenvalue weighted by molar-refractivity contribution is 9.09. The molecule has 1 aromatic carbocycles. The van der Waals surface area contributed by atoms with Crippen LogP contribution in [0.2, 0.25) is 5.02 Å². The van der Waals surface area contributed by atoms with Gasteiger partial charge in [-0.2, -0.15) is 0 Å². The third kappa shape index (κ3) is 5.41. The van der Waals surface area contributed by atoms with Gasteiger partial charge in [0.1, 0.15) is 5.75 Å². The Morgan fingerprint density at radius 2 is 2.18 bits per heavy atom. The van der Waals surface area contributed by atoms with E-state index in [2.05, 4.69) is 15.9 Å². The van der Waals surface area contributed by atoms with Crippen molar-refractivity contribution in [3.05, 3.63) is 28.8 Å². The zero-order valence-corrected chi connectivity index (χ0v) is 11.6. The largest absolute Gasteiger partial charge is 0.492 e. The molecule has 0 aliphatic rings. The Hall–Kier alpha value is -0.740. The third-order valence-electron chi connectivity index (χ3n) is 2.14. The Labute approximate surface area is 114 Å². The van der Waals surface area contributed by atoms with Crippen LogP contribution in [0.15, 0.2) is 18.2 Å². The monoisotopic (exact) mass is 320 g/mol. The smallest absolute Gasteiger partial charge is 0.307 e. The van der Waals surface area contributed by atoms with E-state index < -0.39 is 5.97 Å². The standard InChI is InChI=1S/C12H14BrClO3/c13-5-1-2-6-17-11-4-3-9(7-10(11)14)8-12(15)16/h3-4,7H,1-2,5-6,8H2,(H,15,16). The molecule has 5 heteroatoms. The minimum Gasteiger partial charge on any atom is -0.492 e. The molecule has 0 spiro atoms. The molecule has 0 heterocycles. The molecule has 0 aliphatic heterocycles. The second kappa shape index (κ2) is 7.56. The highest BCUT2D eigenvalue weighted by atomic mass is 79.9. The van der Waals surface area contributed by atoms with Crippen LogP contribution in [-0.2, 0) is 11.2 Å². The van der Waals surface area contributed by atoms with Crippen LogP contribution in [0.5, 0.6) is 5.75 Å². The number of unbranched alkanes of at least 4 members (excludes halogenated alkanes) is 1. The molecule has 0 unspecified atom stereocenters. The van der Waals surface area contributed by atoms with E-state index in [9.17, 15) is 4.79 Å². The van der Waals surface area contributed by atoms with Crippen LogP contribution in [0.25, 0.3) is 0 Å². The topological polar surface area (TPSA) is 46.5 Å². The van der Waals surface area contributed by atoms with Gasteiger partial charge in [0.15, 0.2) is 0 Å². The van der Waals surface area contributed by atoms with Crippen molar-refractivity contribution in [2.45, 2.75) is 19.3 Å². The molecule has 1 aromatic rings. The van der Waals surface area contributed by atoms with Crippen molar-refractivity contribution in [1.82, 2.24) is 0 Å². The van der Waals surface area contributed by atoms with Crippen LogP contribution in [0.4, 0.5) is 0 Å². The van der Waals surface area contributed by atoms with Gasteiger partial charge in [-0.25, -0.2) is 0 Å². The first kappa shape index (κ1) is 14.3. The van der Waals surface area contributed by atoms with Crippen LogP contribution in [0.1, 0.15) is 18.4 Å². The first-order chi connectivity index (χ1) is 8.13. The molecule has 0 bridgehead atoms. The summed E-state index contributed by atoms with van der Waals surface area (Å²) < 4.78 is 5.50. The Morgan fingerprint density at radius 1 is 1.41 bits per heavy atom. The van der Waals surface area contributed by atoms with Crippen molar-refractivity contribution in [3.63, 3.8) is 0 Å². The van der Waals surface area contributed by atoms with E-state index in [1.807, 2.05) is 0 Å². The van der Waals surface area contributed by atoms with Crippen LogP contribution >= 0.6 is 27.5 Å². The van der Waals surface area contributed by atoms with Crippen molar-refractivity contribution in [1.29, 1.82) is 0 Å². The Morgan fingerprint density at radius 3 is 2.76 bits per heavy atom. The molecule has 94 valence electrons.